The van der Waals surface area contributed by atoms with E-state index in [1.165, 1.54) is 30.5 Å². The molecule has 4 atom stereocenters. The summed E-state index contributed by atoms with van der Waals surface area (Å²) in [5.74, 6) is 1.93. The molecule has 1 saturated carbocycles. The third-order valence-electron chi connectivity index (χ3n) is 4.77. The fourth-order valence-corrected chi connectivity index (χ4v) is 3.78. The number of hydrogen-bond donors (Lipinski definition) is 0. The zero-order valence-corrected chi connectivity index (χ0v) is 11.4. The predicted octanol–water partition coefficient (Wildman–Crippen LogP) is 3.95. The van der Waals surface area contributed by atoms with E-state index in [9.17, 15) is 9.18 Å². The van der Waals surface area contributed by atoms with Crippen molar-refractivity contribution in [3.63, 3.8) is 0 Å². The van der Waals surface area contributed by atoms with E-state index >= 15 is 0 Å². The van der Waals surface area contributed by atoms with E-state index in [0.29, 0.717) is 23.7 Å². The molecule has 4 unspecified atom stereocenters. The van der Waals surface area contributed by atoms with E-state index in [-0.39, 0.29) is 5.82 Å². The van der Waals surface area contributed by atoms with E-state index in [0.717, 1.165) is 12.7 Å². The van der Waals surface area contributed by atoms with Crippen LogP contribution in [-0.4, -0.2) is 6.29 Å². The molecular formula is C18H19FO. The van der Waals surface area contributed by atoms with Gasteiger partial charge in [0.2, 0.25) is 0 Å². The normalized spacial score (nSPS) is 31.9. The lowest BCUT2D eigenvalue weighted by atomic mass is 9.61. The second-order valence-electron chi connectivity index (χ2n) is 5.88. The molecule has 20 heavy (non-hydrogen) atoms. The Morgan fingerprint density at radius 2 is 1.80 bits per heavy atom. The van der Waals surface area contributed by atoms with Crippen LogP contribution < -0.4 is 0 Å². The van der Waals surface area contributed by atoms with Crippen LogP contribution in [0.4, 0.5) is 4.39 Å². The Morgan fingerprint density at radius 1 is 1.10 bits per heavy atom. The van der Waals surface area contributed by atoms with Gasteiger partial charge in [0.25, 0.3) is 0 Å². The van der Waals surface area contributed by atoms with Crippen molar-refractivity contribution in [3.8, 4) is 0 Å². The summed E-state index contributed by atoms with van der Waals surface area (Å²) in [5, 5.41) is 0. The van der Waals surface area contributed by atoms with Gasteiger partial charge in [0.05, 0.1) is 0 Å². The van der Waals surface area contributed by atoms with Gasteiger partial charge in [-0.15, -0.1) is 0 Å². The Morgan fingerprint density at radius 3 is 2.45 bits per heavy atom. The minimum Gasteiger partial charge on any atom is -0.299 e. The Balaban J connectivity index is 1.81. The molecule has 0 saturated heterocycles. The minimum atomic E-state index is -0.184. The summed E-state index contributed by atoms with van der Waals surface area (Å²) in [6.45, 7) is 0. The SMILES string of the molecule is O=C/C=C/C1C2C=CC(CC2)C1Cc1ccc(F)cc1. The molecule has 1 nitrogen and oxygen atoms in total. The topological polar surface area (TPSA) is 17.1 Å². The lowest BCUT2D eigenvalue weighted by Gasteiger charge is -2.44. The van der Waals surface area contributed by atoms with Crippen LogP contribution in [0.5, 0.6) is 0 Å². The quantitative estimate of drug-likeness (QED) is 0.460. The predicted molar refractivity (Wildman–Crippen MR) is 77.6 cm³/mol. The molecule has 104 valence electrons. The van der Waals surface area contributed by atoms with E-state index in [4.69, 9.17) is 0 Å². The molecule has 0 spiro atoms. The van der Waals surface area contributed by atoms with Crippen LogP contribution >= 0.6 is 0 Å². The van der Waals surface area contributed by atoms with Gasteiger partial charge in [-0.25, -0.2) is 4.39 Å². The largest absolute Gasteiger partial charge is 0.299 e. The average Bonchev–Trinajstić information content (AvgIpc) is 2.49. The number of benzene rings is 1. The van der Waals surface area contributed by atoms with Gasteiger partial charge < -0.3 is 0 Å². The molecule has 0 radical (unpaired) electrons. The molecule has 0 heterocycles. The first-order valence-electron chi connectivity index (χ1n) is 7.32. The summed E-state index contributed by atoms with van der Waals surface area (Å²) >= 11 is 0. The Hall–Kier alpha value is -1.70. The van der Waals surface area contributed by atoms with Gasteiger partial charge in [0.1, 0.15) is 12.1 Å². The van der Waals surface area contributed by atoms with E-state index in [1.807, 2.05) is 12.1 Å². The molecule has 1 fully saturated rings. The van der Waals surface area contributed by atoms with E-state index < -0.39 is 0 Å². The zero-order chi connectivity index (χ0) is 13.9. The maximum Gasteiger partial charge on any atom is 0.142 e. The minimum absolute atomic E-state index is 0.184. The van der Waals surface area contributed by atoms with Crippen molar-refractivity contribution in [3.05, 3.63) is 60.0 Å². The third-order valence-corrected chi connectivity index (χ3v) is 4.77. The highest BCUT2D eigenvalue weighted by molar-refractivity contribution is 5.64. The number of carbonyl (C=O) groups excluding carboxylic acids is 1. The molecule has 2 bridgehead atoms. The number of fused-ring (bicyclic) bond motifs is 2. The number of rotatable bonds is 4. The molecule has 2 heteroatoms. The van der Waals surface area contributed by atoms with Gasteiger partial charge in [-0.05, 0) is 66.7 Å². The Bertz CT molecular complexity index is 529. The second kappa shape index (κ2) is 5.74. The van der Waals surface area contributed by atoms with Crippen molar-refractivity contribution in [2.75, 3.05) is 0 Å². The Kier molecular flexibility index (Phi) is 3.81. The number of carbonyl (C=O) groups is 1. The molecule has 1 aromatic rings. The zero-order valence-electron chi connectivity index (χ0n) is 11.4. The molecule has 0 N–H and O–H groups in total. The molecular weight excluding hydrogens is 251 g/mol. The van der Waals surface area contributed by atoms with E-state index in [1.54, 1.807) is 6.08 Å². The van der Waals surface area contributed by atoms with Crippen LogP contribution in [0.2, 0.25) is 0 Å². The number of halogens is 1. The van der Waals surface area contributed by atoms with Crippen LogP contribution in [0.15, 0.2) is 48.6 Å². The third kappa shape index (κ3) is 2.60. The molecule has 0 aromatic heterocycles. The number of aldehydes is 1. The maximum atomic E-state index is 13.0. The molecule has 3 aliphatic rings. The van der Waals surface area contributed by atoms with Gasteiger partial charge in [0, 0.05) is 0 Å². The van der Waals surface area contributed by atoms with Crippen LogP contribution in [0.25, 0.3) is 0 Å². The fourth-order valence-electron chi connectivity index (χ4n) is 3.78. The van der Waals surface area contributed by atoms with Crippen LogP contribution in [0.1, 0.15) is 18.4 Å². The molecule has 0 amide bonds. The summed E-state index contributed by atoms with van der Waals surface area (Å²) in [5.41, 5.74) is 1.18. The first-order chi connectivity index (χ1) is 9.78. The van der Waals surface area contributed by atoms with Crippen molar-refractivity contribution in [2.24, 2.45) is 23.7 Å². The molecule has 0 aliphatic heterocycles. The average molecular weight is 270 g/mol. The monoisotopic (exact) mass is 270 g/mol. The van der Waals surface area contributed by atoms with Crippen molar-refractivity contribution in [2.45, 2.75) is 19.3 Å². The number of hydrogen-bond acceptors (Lipinski definition) is 1. The fraction of sp³-hybridized carbons (Fsp3) is 0.389. The first-order valence-corrected chi connectivity index (χ1v) is 7.32. The van der Waals surface area contributed by atoms with Gasteiger partial charge >= 0.3 is 0 Å². The summed E-state index contributed by atoms with van der Waals surface area (Å²) in [6, 6.07) is 6.81. The highest BCUT2D eigenvalue weighted by Gasteiger charge is 2.38. The van der Waals surface area contributed by atoms with Crippen molar-refractivity contribution in [1.29, 1.82) is 0 Å². The van der Waals surface area contributed by atoms with Crippen LogP contribution in [0.3, 0.4) is 0 Å². The van der Waals surface area contributed by atoms with Crippen molar-refractivity contribution >= 4 is 6.29 Å². The second-order valence-corrected chi connectivity index (χ2v) is 5.88. The van der Waals surface area contributed by atoms with Crippen LogP contribution in [0, 0.1) is 29.5 Å². The summed E-state index contributed by atoms with van der Waals surface area (Å²) in [4.78, 5) is 10.6. The lowest BCUT2D eigenvalue weighted by molar-refractivity contribution is -0.104. The summed E-state index contributed by atoms with van der Waals surface area (Å²) < 4.78 is 13.0. The van der Waals surface area contributed by atoms with Crippen LogP contribution in [-0.2, 0) is 11.2 Å². The Labute approximate surface area is 119 Å². The molecule has 1 aromatic carbocycles. The first kappa shape index (κ1) is 13.3. The van der Waals surface area contributed by atoms with Gasteiger partial charge in [-0.1, -0.05) is 30.4 Å². The number of allylic oxidation sites excluding steroid dienone is 4. The highest BCUT2D eigenvalue weighted by Crippen LogP contribution is 2.46. The highest BCUT2D eigenvalue weighted by atomic mass is 19.1. The van der Waals surface area contributed by atoms with Crippen molar-refractivity contribution in [1.82, 2.24) is 0 Å². The smallest absolute Gasteiger partial charge is 0.142 e. The summed E-state index contributed by atoms with van der Waals surface area (Å²) in [7, 11) is 0. The lowest BCUT2D eigenvalue weighted by Crippen LogP contribution is -2.37. The van der Waals surface area contributed by atoms with Gasteiger partial charge in [-0.2, -0.15) is 0 Å². The standard InChI is InChI=1S/C18H19FO/c19-16-9-3-13(4-10-16)12-18-15-7-5-14(6-8-15)17(18)2-1-11-20/h1-5,7,9-11,14-15,17-18H,6,8,12H2/b2-1+. The van der Waals surface area contributed by atoms with Gasteiger partial charge in [-0.3, -0.25) is 4.79 Å². The molecule has 4 rings (SSSR count). The van der Waals surface area contributed by atoms with E-state index in [2.05, 4.69) is 18.2 Å². The summed E-state index contributed by atoms with van der Waals surface area (Å²) in [6.07, 6.45) is 12.6. The molecule has 3 aliphatic carbocycles. The van der Waals surface area contributed by atoms with Crippen molar-refractivity contribution < 1.29 is 9.18 Å². The van der Waals surface area contributed by atoms with Gasteiger partial charge in [0.15, 0.2) is 0 Å². The maximum absolute atomic E-state index is 13.0.